The maximum atomic E-state index is 11.6. The lowest BCUT2D eigenvalue weighted by atomic mass is 10.2. The van der Waals surface area contributed by atoms with E-state index in [2.05, 4.69) is 15.8 Å². The van der Waals surface area contributed by atoms with Gasteiger partial charge >= 0.3 is 0 Å². The van der Waals surface area contributed by atoms with Crippen molar-refractivity contribution in [2.75, 3.05) is 6.54 Å². The first kappa shape index (κ1) is 17.7. The first-order valence-corrected chi connectivity index (χ1v) is 7.39. The maximum Gasteiger partial charge on any atom is 0.259 e. The van der Waals surface area contributed by atoms with Crippen molar-refractivity contribution in [1.82, 2.24) is 10.7 Å². The Balaban J connectivity index is 1.75. The van der Waals surface area contributed by atoms with Crippen molar-refractivity contribution in [2.45, 2.75) is 0 Å². The number of rotatable bonds is 6. The Labute approximate surface area is 144 Å². The first-order valence-electron chi connectivity index (χ1n) is 7.39. The molecule has 25 heavy (non-hydrogen) atoms. The van der Waals surface area contributed by atoms with Crippen molar-refractivity contribution in [3.05, 3.63) is 65.7 Å². The van der Waals surface area contributed by atoms with Crippen molar-refractivity contribution in [3.63, 3.8) is 0 Å². The Morgan fingerprint density at radius 2 is 1.84 bits per heavy atom. The molecule has 7 heteroatoms. The summed E-state index contributed by atoms with van der Waals surface area (Å²) < 4.78 is 0. The van der Waals surface area contributed by atoms with E-state index in [0.29, 0.717) is 5.56 Å². The van der Waals surface area contributed by atoms with Crippen LogP contribution in [0.4, 0.5) is 0 Å². The fourth-order valence-electron chi connectivity index (χ4n) is 1.82. The number of phenols is 2. The number of aromatic hydroxyl groups is 2. The average Bonchev–Trinajstić information content (AvgIpc) is 2.61. The highest BCUT2D eigenvalue weighted by Gasteiger charge is 2.02. The molecule has 0 unspecified atom stereocenters. The van der Waals surface area contributed by atoms with Gasteiger partial charge in [0.1, 0.15) is 11.5 Å². The van der Waals surface area contributed by atoms with E-state index in [0.717, 1.165) is 11.6 Å². The van der Waals surface area contributed by atoms with Gasteiger partial charge < -0.3 is 15.5 Å². The number of hydrogen-bond donors (Lipinski definition) is 4. The van der Waals surface area contributed by atoms with Gasteiger partial charge in [-0.05, 0) is 23.8 Å². The molecule has 0 radical (unpaired) electrons. The van der Waals surface area contributed by atoms with Crippen LogP contribution in [0.25, 0.3) is 6.08 Å². The minimum absolute atomic E-state index is 0.0787. The summed E-state index contributed by atoms with van der Waals surface area (Å²) in [5, 5.41) is 24.8. The highest BCUT2D eigenvalue weighted by molar-refractivity contribution is 5.94. The van der Waals surface area contributed by atoms with Crippen LogP contribution in [0.15, 0.2) is 59.7 Å². The number of phenolic OH excluding ortho intramolecular Hbond substituents is 2. The number of carbonyl (C=O) groups is 2. The van der Waals surface area contributed by atoms with E-state index in [1.807, 2.05) is 30.3 Å². The van der Waals surface area contributed by atoms with Crippen LogP contribution in [-0.4, -0.2) is 34.8 Å². The number of nitrogens with zero attached hydrogens (tertiary/aromatic N) is 1. The van der Waals surface area contributed by atoms with Gasteiger partial charge in [0.15, 0.2) is 0 Å². The summed E-state index contributed by atoms with van der Waals surface area (Å²) in [5.41, 5.74) is 3.42. The molecule has 2 amide bonds. The highest BCUT2D eigenvalue weighted by Crippen LogP contribution is 2.20. The van der Waals surface area contributed by atoms with E-state index in [1.165, 1.54) is 24.4 Å². The average molecular weight is 339 g/mol. The molecule has 0 fully saturated rings. The number of amides is 2. The van der Waals surface area contributed by atoms with Crippen LogP contribution in [0.2, 0.25) is 0 Å². The highest BCUT2D eigenvalue weighted by atomic mass is 16.3. The molecular formula is C18H17N3O4. The summed E-state index contributed by atoms with van der Waals surface area (Å²) in [6.45, 7) is -0.239. The second-order valence-electron chi connectivity index (χ2n) is 5.00. The molecule has 0 spiro atoms. The predicted octanol–water partition coefficient (Wildman–Crippen LogP) is 1.38. The van der Waals surface area contributed by atoms with Gasteiger partial charge in [-0.25, -0.2) is 5.43 Å². The molecule has 0 aliphatic heterocycles. The van der Waals surface area contributed by atoms with Gasteiger partial charge in [0.2, 0.25) is 5.91 Å². The van der Waals surface area contributed by atoms with Gasteiger partial charge in [0, 0.05) is 17.7 Å². The van der Waals surface area contributed by atoms with Gasteiger partial charge in [0.05, 0.1) is 12.8 Å². The van der Waals surface area contributed by atoms with Gasteiger partial charge in [-0.2, -0.15) is 5.10 Å². The van der Waals surface area contributed by atoms with E-state index in [1.54, 1.807) is 6.08 Å². The Morgan fingerprint density at radius 3 is 2.56 bits per heavy atom. The smallest absolute Gasteiger partial charge is 0.259 e. The Morgan fingerprint density at radius 1 is 1.08 bits per heavy atom. The van der Waals surface area contributed by atoms with Gasteiger partial charge in [0.25, 0.3) is 5.91 Å². The summed E-state index contributed by atoms with van der Waals surface area (Å²) >= 11 is 0. The maximum absolute atomic E-state index is 11.6. The van der Waals surface area contributed by atoms with Crippen LogP contribution in [0.1, 0.15) is 11.1 Å². The minimum Gasteiger partial charge on any atom is -0.508 e. The fraction of sp³-hybridized carbons (Fsp3) is 0.0556. The second-order valence-corrected chi connectivity index (χ2v) is 5.00. The molecular weight excluding hydrogens is 322 g/mol. The van der Waals surface area contributed by atoms with E-state index in [4.69, 9.17) is 5.11 Å². The standard InChI is InChI=1S/C18H17N3O4/c22-15-8-7-14(16(23)10-15)11-20-21-18(25)12-19-17(24)9-6-13-4-2-1-3-5-13/h1-11,22-23H,12H2,(H,19,24)(H,21,25)/b9-6+,20-11+. The number of hydrazone groups is 1. The third kappa shape index (κ3) is 6.19. The molecule has 0 aromatic heterocycles. The van der Waals surface area contributed by atoms with E-state index in [-0.39, 0.29) is 18.0 Å². The topological polar surface area (TPSA) is 111 Å². The molecule has 0 bridgehead atoms. The van der Waals surface area contributed by atoms with Crippen LogP contribution in [0, 0.1) is 0 Å². The monoisotopic (exact) mass is 339 g/mol. The SMILES string of the molecule is O=C(/C=C/c1ccccc1)NCC(=O)N/N=C/c1ccc(O)cc1O. The third-order valence-electron chi connectivity index (χ3n) is 3.06. The van der Waals surface area contributed by atoms with Crippen LogP contribution >= 0.6 is 0 Å². The zero-order valence-electron chi connectivity index (χ0n) is 13.2. The van der Waals surface area contributed by atoms with E-state index >= 15 is 0 Å². The normalized spacial score (nSPS) is 10.9. The summed E-state index contributed by atoms with van der Waals surface area (Å²) in [6, 6.07) is 13.3. The molecule has 0 saturated carbocycles. The summed E-state index contributed by atoms with van der Waals surface area (Å²) in [4.78, 5) is 23.2. The van der Waals surface area contributed by atoms with Crippen LogP contribution in [-0.2, 0) is 9.59 Å². The number of carbonyl (C=O) groups excluding carboxylic acids is 2. The van der Waals surface area contributed by atoms with Crippen molar-refractivity contribution in [3.8, 4) is 11.5 Å². The molecule has 2 aromatic rings. The van der Waals surface area contributed by atoms with Crippen LogP contribution in [0.3, 0.4) is 0 Å². The van der Waals surface area contributed by atoms with Crippen LogP contribution < -0.4 is 10.7 Å². The summed E-state index contributed by atoms with van der Waals surface area (Å²) in [5.74, 6) is -1.17. The lowest BCUT2D eigenvalue weighted by molar-refractivity contribution is -0.123. The zero-order valence-corrected chi connectivity index (χ0v) is 13.2. The second kappa shape index (κ2) is 8.88. The van der Waals surface area contributed by atoms with Crippen molar-refractivity contribution >= 4 is 24.1 Å². The van der Waals surface area contributed by atoms with Crippen molar-refractivity contribution in [1.29, 1.82) is 0 Å². The zero-order chi connectivity index (χ0) is 18.1. The molecule has 2 aromatic carbocycles. The minimum atomic E-state index is -0.518. The van der Waals surface area contributed by atoms with Gasteiger partial charge in [-0.1, -0.05) is 30.3 Å². The molecule has 7 nitrogen and oxygen atoms in total. The Bertz CT molecular complexity index is 801. The van der Waals surface area contributed by atoms with E-state index in [9.17, 15) is 14.7 Å². The van der Waals surface area contributed by atoms with Crippen molar-refractivity contribution < 1.29 is 19.8 Å². The largest absolute Gasteiger partial charge is 0.508 e. The molecule has 4 N–H and O–H groups in total. The predicted molar refractivity (Wildman–Crippen MR) is 94.0 cm³/mol. The Kier molecular flexibility index (Phi) is 6.30. The summed E-state index contributed by atoms with van der Waals surface area (Å²) in [6.07, 6.45) is 4.20. The molecule has 0 heterocycles. The molecule has 0 saturated heterocycles. The van der Waals surface area contributed by atoms with Gasteiger partial charge in [-0.15, -0.1) is 0 Å². The number of hydrogen-bond acceptors (Lipinski definition) is 5. The van der Waals surface area contributed by atoms with E-state index < -0.39 is 11.8 Å². The number of nitrogens with one attached hydrogen (secondary N) is 2. The third-order valence-corrected chi connectivity index (χ3v) is 3.06. The lowest BCUT2D eigenvalue weighted by Crippen LogP contribution is -2.34. The van der Waals surface area contributed by atoms with Gasteiger partial charge in [-0.3, -0.25) is 9.59 Å². The van der Waals surface area contributed by atoms with Crippen molar-refractivity contribution in [2.24, 2.45) is 5.10 Å². The summed E-state index contributed by atoms with van der Waals surface area (Å²) in [7, 11) is 0. The van der Waals surface area contributed by atoms with Crippen LogP contribution in [0.5, 0.6) is 11.5 Å². The quantitative estimate of drug-likeness (QED) is 0.362. The fourth-order valence-corrected chi connectivity index (χ4v) is 1.82. The first-order chi connectivity index (χ1) is 12.0. The molecule has 128 valence electrons. The molecule has 0 atom stereocenters. The number of benzene rings is 2. The molecule has 0 aliphatic rings. The molecule has 0 aliphatic carbocycles. The Hall–Kier alpha value is -3.61. The molecule has 2 rings (SSSR count). The lowest BCUT2D eigenvalue weighted by Gasteiger charge is -2.02.